The van der Waals surface area contributed by atoms with Gasteiger partial charge in [-0.25, -0.2) is 4.98 Å². The van der Waals surface area contributed by atoms with Crippen molar-refractivity contribution >= 4 is 21.8 Å². The van der Waals surface area contributed by atoms with Crippen LogP contribution in [0.5, 0.6) is 11.5 Å². The standard InChI is InChI=1S/C46H48N4O.Pt/c1-7-8-9-11-15-34-20-23-42-41(28-34)40-22-21-39(31-43(40)49(42)44-29-35(25-27-47-44)24-26-46(4,5)6)51-38-19-14-18-37(30-38)50-33(3)45(32(2)48-50)36-16-12-10-13-17-36;/h10,12-14,16-23,25,27-29H,7-9,11,15,24,26H2,1-6H3;/q-2;+2. The van der Waals surface area contributed by atoms with E-state index in [0.29, 0.717) is 11.5 Å². The quantitative estimate of drug-likeness (QED) is 0.0908. The zero-order valence-electron chi connectivity index (χ0n) is 31.2. The number of rotatable bonds is 12. The van der Waals surface area contributed by atoms with Crippen LogP contribution < -0.4 is 4.74 Å². The molecule has 52 heavy (non-hydrogen) atoms. The van der Waals surface area contributed by atoms with Gasteiger partial charge in [-0.2, -0.15) is 17.2 Å². The molecule has 0 fully saturated rings. The summed E-state index contributed by atoms with van der Waals surface area (Å²) in [5.74, 6) is 2.14. The minimum absolute atomic E-state index is 0. The van der Waals surface area contributed by atoms with E-state index in [1.165, 1.54) is 42.2 Å². The third-order valence-corrected chi connectivity index (χ3v) is 9.79. The van der Waals surface area contributed by atoms with Gasteiger partial charge < -0.3 is 9.30 Å². The number of ether oxygens (including phenoxy) is 1. The molecule has 7 aromatic rings. The van der Waals surface area contributed by atoms with Crippen LogP contribution in [-0.4, -0.2) is 19.3 Å². The van der Waals surface area contributed by atoms with Crippen LogP contribution in [0.25, 0.3) is 44.4 Å². The first kappa shape index (κ1) is 37.3. The molecule has 0 aliphatic rings. The largest absolute Gasteiger partial charge is 2.00 e. The Balaban J connectivity index is 0.00000464. The second kappa shape index (κ2) is 16.0. The minimum atomic E-state index is 0. The van der Waals surface area contributed by atoms with Crippen molar-refractivity contribution in [2.24, 2.45) is 5.41 Å². The van der Waals surface area contributed by atoms with Crippen LogP contribution in [0.2, 0.25) is 0 Å². The van der Waals surface area contributed by atoms with Crippen molar-refractivity contribution in [1.82, 2.24) is 19.3 Å². The molecule has 0 aliphatic heterocycles. The van der Waals surface area contributed by atoms with E-state index in [0.717, 1.165) is 69.7 Å². The Bertz CT molecular complexity index is 2290. The first-order valence-electron chi connectivity index (χ1n) is 18.5. The van der Waals surface area contributed by atoms with Crippen molar-refractivity contribution < 1.29 is 25.8 Å². The minimum Gasteiger partial charge on any atom is -0.509 e. The summed E-state index contributed by atoms with van der Waals surface area (Å²) in [6.07, 6.45) is 10.1. The Morgan fingerprint density at radius 1 is 0.750 bits per heavy atom. The van der Waals surface area contributed by atoms with Crippen LogP contribution in [0, 0.1) is 31.4 Å². The molecule has 0 saturated carbocycles. The van der Waals surface area contributed by atoms with Crippen LogP contribution in [0.3, 0.4) is 0 Å². The van der Waals surface area contributed by atoms with Gasteiger partial charge in [0.15, 0.2) is 0 Å². The van der Waals surface area contributed by atoms with Crippen LogP contribution in [0.15, 0.2) is 97.2 Å². The number of aryl methyl sites for hydroxylation is 3. The van der Waals surface area contributed by atoms with E-state index >= 15 is 0 Å². The molecular formula is C46H48N4OPt. The molecule has 5 nitrogen and oxygen atoms in total. The summed E-state index contributed by atoms with van der Waals surface area (Å²) < 4.78 is 10.7. The number of fused-ring (bicyclic) bond motifs is 3. The van der Waals surface area contributed by atoms with E-state index < -0.39 is 0 Å². The summed E-state index contributed by atoms with van der Waals surface area (Å²) in [6.45, 7) is 13.3. The number of hydrogen-bond acceptors (Lipinski definition) is 3. The Labute approximate surface area is 323 Å². The summed E-state index contributed by atoms with van der Waals surface area (Å²) >= 11 is 0. The van der Waals surface area contributed by atoms with Gasteiger partial charge in [0.05, 0.1) is 5.69 Å². The second-order valence-corrected chi connectivity index (χ2v) is 15.0. The summed E-state index contributed by atoms with van der Waals surface area (Å²) in [5.41, 5.74) is 10.2. The maximum atomic E-state index is 6.51. The number of hydrogen-bond donors (Lipinski definition) is 0. The molecule has 7 rings (SSSR count). The number of unbranched alkanes of at least 4 members (excludes halogenated alkanes) is 3. The summed E-state index contributed by atoms with van der Waals surface area (Å²) in [4.78, 5) is 4.90. The molecule has 268 valence electrons. The third kappa shape index (κ3) is 8.11. The number of aromatic nitrogens is 4. The van der Waals surface area contributed by atoms with Crippen molar-refractivity contribution in [3.63, 3.8) is 0 Å². The molecule has 3 heterocycles. The number of pyridine rings is 1. The van der Waals surface area contributed by atoms with Gasteiger partial charge in [-0.3, -0.25) is 4.68 Å². The molecule has 0 bridgehead atoms. The van der Waals surface area contributed by atoms with E-state index in [4.69, 9.17) is 14.8 Å². The molecule has 0 radical (unpaired) electrons. The van der Waals surface area contributed by atoms with Gasteiger partial charge in [0.25, 0.3) is 0 Å². The predicted octanol–water partition coefficient (Wildman–Crippen LogP) is 12.1. The summed E-state index contributed by atoms with van der Waals surface area (Å²) in [6, 6.07) is 39.0. The van der Waals surface area contributed by atoms with Gasteiger partial charge >= 0.3 is 21.1 Å². The SMILES string of the molecule is CCCCCCc1ccc2c(c1)c1ccc(Oc3[c-]c(-n4nc(C)c(-c5ccccc5)c4C)ccc3)[c-]c1n2-c1cc(CCC(C)(C)C)ccn1.[Pt+2]. The van der Waals surface area contributed by atoms with Crippen LogP contribution >= 0.6 is 0 Å². The maximum Gasteiger partial charge on any atom is 2.00 e. The zero-order chi connectivity index (χ0) is 35.5. The van der Waals surface area contributed by atoms with Crippen molar-refractivity contribution in [3.8, 4) is 34.1 Å². The van der Waals surface area contributed by atoms with Gasteiger partial charge in [-0.1, -0.05) is 94.9 Å². The van der Waals surface area contributed by atoms with Crippen LogP contribution in [-0.2, 0) is 33.9 Å². The topological polar surface area (TPSA) is 44.9 Å². The van der Waals surface area contributed by atoms with Crippen molar-refractivity contribution in [2.45, 2.75) is 86.5 Å². The first-order chi connectivity index (χ1) is 24.7. The Kier molecular flexibility index (Phi) is 11.5. The summed E-state index contributed by atoms with van der Waals surface area (Å²) in [5, 5.41) is 7.26. The monoisotopic (exact) mass is 867 g/mol. The van der Waals surface area contributed by atoms with Gasteiger partial charge in [-0.15, -0.1) is 35.7 Å². The number of nitrogens with zero attached hydrogens (tertiary/aromatic N) is 4. The Morgan fingerprint density at radius 2 is 1.54 bits per heavy atom. The van der Waals surface area contributed by atoms with Gasteiger partial charge in [0, 0.05) is 34.5 Å². The van der Waals surface area contributed by atoms with E-state index in [9.17, 15) is 0 Å². The van der Waals surface area contributed by atoms with Crippen molar-refractivity contribution in [1.29, 1.82) is 0 Å². The molecular weight excluding hydrogens is 820 g/mol. The fourth-order valence-electron chi connectivity index (χ4n) is 7.08. The Morgan fingerprint density at radius 3 is 2.33 bits per heavy atom. The molecule has 4 aromatic carbocycles. The van der Waals surface area contributed by atoms with E-state index in [-0.39, 0.29) is 26.5 Å². The molecule has 0 atom stereocenters. The fourth-order valence-corrected chi connectivity index (χ4v) is 7.08. The molecule has 3 aromatic heterocycles. The second-order valence-electron chi connectivity index (χ2n) is 15.0. The van der Waals surface area contributed by atoms with Gasteiger partial charge in [0.1, 0.15) is 5.82 Å². The molecule has 0 saturated heterocycles. The normalized spacial score (nSPS) is 11.7. The Hall–Kier alpha value is -4.47. The average molecular weight is 868 g/mol. The third-order valence-electron chi connectivity index (χ3n) is 9.79. The summed E-state index contributed by atoms with van der Waals surface area (Å²) in [7, 11) is 0. The number of benzene rings is 4. The molecule has 0 unspecified atom stereocenters. The average Bonchev–Trinajstić information content (AvgIpc) is 3.61. The van der Waals surface area contributed by atoms with Crippen molar-refractivity contribution in [3.05, 3.63) is 132 Å². The van der Waals surface area contributed by atoms with E-state index in [2.05, 4.69) is 119 Å². The van der Waals surface area contributed by atoms with Gasteiger partial charge in [-0.05, 0) is 90.9 Å². The van der Waals surface area contributed by atoms with E-state index in [1.807, 2.05) is 41.2 Å². The molecule has 0 amide bonds. The first-order valence-corrected chi connectivity index (χ1v) is 18.5. The van der Waals surface area contributed by atoms with Crippen molar-refractivity contribution in [2.75, 3.05) is 0 Å². The molecule has 6 heteroatoms. The predicted molar refractivity (Wildman–Crippen MR) is 210 cm³/mol. The smallest absolute Gasteiger partial charge is 0.509 e. The zero-order valence-corrected chi connectivity index (χ0v) is 33.5. The molecule has 0 aliphatic carbocycles. The molecule has 0 spiro atoms. The van der Waals surface area contributed by atoms with E-state index in [1.54, 1.807) is 0 Å². The fraction of sp³-hybridized carbons (Fsp3) is 0.304. The maximum absolute atomic E-state index is 6.51. The van der Waals surface area contributed by atoms with Gasteiger partial charge in [0.2, 0.25) is 0 Å². The van der Waals surface area contributed by atoms with Crippen LogP contribution in [0.1, 0.15) is 82.3 Å². The molecule has 0 N–H and O–H groups in total. The van der Waals surface area contributed by atoms with Crippen LogP contribution in [0.4, 0.5) is 0 Å².